The Morgan fingerprint density at radius 3 is 2.31 bits per heavy atom. The lowest BCUT2D eigenvalue weighted by Crippen LogP contribution is -2.66. The summed E-state index contributed by atoms with van der Waals surface area (Å²) >= 11 is 0. The highest BCUT2D eigenvalue weighted by Crippen LogP contribution is 2.69. The second-order valence-electron chi connectivity index (χ2n) is 13.9. The SMILES string of the molecule is C[C@H]([C@H]1O[C@H]1[C@](C)(O)[C@H]1CC[C@@]2(O)C3=CC(=O)[C@@H]4C[C@@H](O)[C@@H](O)C[C@]4(C)[C@H]3[C@H](O)C[C@]12C)C(C)(C)O. The van der Waals surface area contributed by atoms with E-state index in [9.17, 15) is 35.4 Å². The number of allylic oxidation sites excluding steroid dienone is 1. The Morgan fingerprint density at radius 2 is 1.69 bits per heavy atom. The van der Waals surface area contributed by atoms with Crippen molar-refractivity contribution in [1.29, 1.82) is 0 Å². The normalized spacial score (nSPS) is 53.0. The zero-order valence-corrected chi connectivity index (χ0v) is 22.3. The van der Waals surface area contributed by atoms with Gasteiger partial charge >= 0.3 is 0 Å². The molecule has 0 radical (unpaired) electrons. The average molecular weight is 509 g/mol. The molecule has 0 unspecified atom stereocenters. The molecule has 36 heavy (non-hydrogen) atoms. The van der Waals surface area contributed by atoms with E-state index in [4.69, 9.17) is 4.74 Å². The summed E-state index contributed by atoms with van der Waals surface area (Å²) in [6, 6.07) is 0. The second kappa shape index (κ2) is 7.84. The molecule has 6 N–H and O–H groups in total. The maximum absolute atomic E-state index is 13.3. The molecule has 1 aliphatic heterocycles. The van der Waals surface area contributed by atoms with Crippen molar-refractivity contribution in [1.82, 2.24) is 0 Å². The first-order valence-electron chi connectivity index (χ1n) is 13.5. The summed E-state index contributed by atoms with van der Waals surface area (Å²) in [6.07, 6.45) is -0.806. The minimum absolute atomic E-state index is 0.135. The number of rotatable bonds is 4. The number of carbonyl (C=O) groups is 1. The first-order valence-corrected chi connectivity index (χ1v) is 13.5. The van der Waals surface area contributed by atoms with E-state index in [0.717, 1.165) is 0 Å². The molecule has 3 saturated carbocycles. The molecule has 5 aliphatic rings. The fraction of sp³-hybridized carbons (Fsp3) is 0.893. The number of fused-ring (bicyclic) bond motifs is 5. The molecule has 4 aliphatic carbocycles. The number of ether oxygens (including phenoxy) is 1. The Bertz CT molecular complexity index is 969. The van der Waals surface area contributed by atoms with Crippen LogP contribution in [-0.4, -0.2) is 83.7 Å². The van der Waals surface area contributed by atoms with Gasteiger partial charge in [-0.25, -0.2) is 0 Å². The molecule has 0 aromatic rings. The van der Waals surface area contributed by atoms with Gasteiger partial charge in [-0.05, 0) is 75.9 Å². The Hall–Kier alpha value is -0.870. The van der Waals surface area contributed by atoms with E-state index in [2.05, 4.69) is 0 Å². The third-order valence-electron chi connectivity index (χ3n) is 11.5. The van der Waals surface area contributed by atoms with Crippen molar-refractivity contribution in [3.63, 3.8) is 0 Å². The van der Waals surface area contributed by atoms with Crippen LogP contribution in [0.4, 0.5) is 0 Å². The van der Waals surface area contributed by atoms with E-state index in [-0.39, 0.29) is 37.1 Å². The standard InChI is InChI=1S/C28H44O8/c1-13(24(2,3)33)22-23(36-22)27(6,34)20-7-8-28(35)15-10-16(29)14-9-17(30)18(31)11-25(14,4)21(15)19(32)12-26(20,28)5/h10,13-14,17-23,30-35H,7-9,11-12H2,1-6H3/t13-,14+,17-,18+,19-,20+,21-,22-,23-,25+,26-,27-,28-/m1/s1. The Kier molecular flexibility index (Phi) is 5.82. The van der Waals surface area contributed by atoms with Crippen molar-refractivity contribution in [2.45, 2.75) is 121 Å². The van der Waals surface area contributed by atoms with E-state index in [1.165, 1.54) is 6.08 Å². The molecule has 8 nitrogen and oxygen atoms in total. The molecule has 1 saturated heterocycles. The fourth-order valence-corrected chi connectivity index (χ4v) is 9.00. The quantitative estimate of drug-likeness (QED) is 0.309. The minimum atomic E-state index is -1.40. The molecule has 0 aromatic heterocycles. The molecular weight excluding hydrogens is 464 g/mol. The van der Waals surface area contributed by atoms with E-state index in [1.807, 2.05) is 20.8 Å². The number of aliphatic hydroxyl groups excluding tert-OH is 3. The lowest BCUT2D eigenvalue weighted by Gasteiger charge is -2.62. The van der Waals surface area contributed by atoms with Gasteiger partial charge in [0.2, 0.25) is 0 Å². The molecule has 0 bridgehead atoms. The van der Waals surface area contributed by atoms with Crippen molar-refractivity contribution >= 4 is 5.78 Å². The summed E-state index contributed by atoms with van der Waals surface area (Å²) in [4.78, 5) is 13.3. The Balaban J connectivity index is 1.50. The maximum atomic E-state index is 13.3. The van der Waals surface area contributed by atoms with Gasteiger partial charge in [-0.1, -0.05) is 20.8 Å². The molecule has 0 aromatic carbocycles. The lowest BCUT2D eigenvalue weighted by atomic mass is 9.45. The van der Waals surface area contributed by atoms with Gasteiger partial charge in [0.1, 0.15) is 6.10 Å². The molecule has 0 amide bonds. The predicted molar refractivity (Wildman–Crippen MR) is 131 cm³/mol. The van der Waals surface area contributed by atoms with Gasteiger partial charge in [0.05, 0.1) is 41.2 Å². The van der Waals surface area contributed by atoms with E-state index >= 15 is 0 Å². The van der Waals surface area contributed by atoms with Crippen LogP contribution < -0.4 is 0 Å². The number of ketones is 1. The first-order chi connectivity index (χ1) is 16.4. The third-order valence-corrected chi connectivity index (χ3v) is 11.5. The van der Waals surface area contributed by atoms with Crippen LogP contribution >= 0.6 is 0 Å². The summed E-state index contributed by atoms with van der Waals surface area (Å²) in [6.45, 7) is 10.9. The van der Waals surface area contributed by atoms with Gasteiger partial charge in [0, 0.05) is 23.2 Å². The number of hydrogen-bond acceptors (Lipinski definition) is 8. The van der Waals surface area contributed by atoms with Crippen molar-refractivity contribution in [2.75, 3.05) is 0 Å². The van der Waals surface area contributed by atoms with Crippen molar-refractivity contribution in [3.05, 3.63) is 11.6 Å². The average Bonchev–Trinajstić information content (AvgIpc) is 3.49. The predicted octanol–water partition coefficient (Wildman–Crippen LogP) is 1.09. The summed E-state index contributed by atoms with van der Waals surface area (Å²) in [5, 5.41) is 67.0. The number of hydrogen-bond donors (Lipinski definition) is 6. The largest absolute Gasteiger partial charge is 0.392 e. The van der Waals surface area contributed by atoms with E-state index in [0.29, 0.717) is 18.4 Å². The van der Waals surface area contributed by atoms with Crippen LogP contribution in [0.1, 0.15) is 73.6 Å². The van der Waals surface area contributed by atoms with Gasteiger partial charge in [-0.3, -0.25) is 4.79 Å². The number of carbonyl (C=O) groups excluding carboxylic acids is 1. The van der Waals surface area contributed by atoms with Crippen molar-refractivity contribution in [2.24, 2.45) is 34.5 Å². The second-order valence-corrected chi connectivity index (χ2v) is 13.9. The summed E-state index contributed by atoms with van der Waals surface area (Å²) in [7, 11) is 0. The number of aliphatic hydroxyl groups is 6. The van der Waals surface area contributed by atoms with E-state index < -0.39 is 69.8 Å². The van der Waals surface area contributed by atoms with Gasteiger partial charge in [-0.2, -0.15) is 0 Å². The monoisotopic (exact) mass is 508 g/mol. The molecule has 0 spiro atoms. The third kappa shape index (κ3) is 3.41. The highest BCUT2D eigenvalue weighted by atomic mass is 16.6. The summed E-state index contributed by atoms with van der Waals surface area (Å²) in [5.41, 5.74) is -4.88. The van der Waals surface area contributed by atoms with Gasteiger partial charge in [-0.15, -0.1) is 0 Å². The minimum Gasteiger partial charge on any atom is -0.392 e. The zero-order valence-electron chi connectivity index (χ0n) is 22.3. The van der Waals surface area contributed by atoms with Crippen LogP contribution in [0.2, 0.25) is 0 Å². The summed E-state index contributed by atoms with van der Waals surface area (Å²) in [5.74, 6) is -1.85. The lowest BCUT2D eigenvalue weighted by molar-refractivity contribution is -0.185. The van der Waals surface area contributed by atoms with Crippen LogP contribution in [0.25, 0.3) is 0 Å². The van der Waals surface area contributed by atoms with E-state index in [1.54, 1.807) is 20.8 Å². The van der Waals surface area contributed by atoms with Crippen molar-refractivity contribution in [3.8, 4) is 0 Å². The van der Waals surface area contributed by atoms with Crippen LogP contribution in [0.3, 0.4) is 0 Å². The molecule has 1 heterocycles. The van der Waals surface area contributed by atoms with Gasteiger partial charge in [0.15, 0.2) is 5.78 Å². The molecule has 204 valence electrons. The zero-order chi connectivity index (χ0) is 26.8. The van der Waals surface area contributed by atoms with Crippen LogP contribution in [-0.2, 0) is 9.53 Å². The van der Waals surface area contributed by atoms with Crippen LogP contribution in [0.5, 0.6) is 0 Å². The molecule has 8 heteroatoms. The van der Waals surface area contributed by atoms with Crippen LogP contribution in [0.15, 0.2) is 11.6 Å². The topological polar surface area (TPSA) is 151 Å². The summed E-state index contributed by atoms with van der Waals surface area (Å²) < 4.78 is 5.92. The number of epoxide rings is 1. The molecule has 4 fully saturated rings. The van der Waals surface area contributed by atoms with Gasteiger partial charge < -0.3 is 35.4 Å². The Labute approximate surface area is 213 Å². The first kappa shape index (κ1) is 26.7. The smallest absolute Gasteiger partial charge is 0.159 e. The fourth-order valence-electron chi connectivity index (χ4n) is 9.00. The molecule has 13 atom stereocenters. The Morgan fingerprint density at radius 1 is 1.06 bits per heavy atom. The molecular formula is C28H44O8. The van der Waals surface area contributed by atoms with Crippen LogP contribution in [0, 0.1) is 34.5 Å². The highest BCUT2D eigenvalue weighted by molar-refractivity contribution is 5.95. The van der Waals surface area contributed by atoms with Crippen molar-refractivity contribution < 1.29 is 40.2 Å². The molecule has 5 rings (SSSR count). The maximum Gasteiger partial charge on any atom is 0.159 e. The van der Waals surface area contributed by atoms with Gasteiger partial charge in [0.25, 0.3) is 0 Å². The highest BCUT2D eigenvalue weighted by Gasteiger charge is 2.73.